The van der Waals surface area contributed by atoms with Gasteiger partial charge in [-0.2, -0.15) is 0 Å². The van der Waals surface area contributed by atoms with Crippen molar-refractivity contribution in [3.8, 4) is 5.75 Å². The molecular weight excluding hydrogens is 550 g/mol. The van der Waals surface area contributed by atoms with Crippen LogP contribution < -0.4 is 15.0 Å². The summed E-state index contributed by atoms with van der Waals surface area (Å²) in [5.41, 5.74) is 0.722. The highest BCUT2D eigenvalue weighted by atomic mass is 79.9. The fraction of sp³-hybridized carbons (Fsp3) is 0.0417. The summed E-state index contributed by atoms with van der Waals surface area (Å²) in [5, 5.41) is 2.93. The Kier molecular flexibility index (Phi) is 7.02. The zero-order valence-electron chi connectivity index (χ0n) is 17.2. The summed E-state index contributed by atoms with van der Waals surface area (Å²) in [7, 11) is 0. The van der Waals surface area contributed by atoms with Crippen molar-refractivity contribution in [1.29, 1.82) is 0 Å². The van der Waals surface area contributed by atoms with Crippen LogP contribution in [0.5, 0.6) is 5.75 Å². The summed E-state index contributed by atoms with van der Waals surface area (Å²) < 4.78 is 20.6. The molecule has 1 aliphatic heterocycles. The number of urea groups is 1. The lowest BCUT2D eigenvalue weighted by Crippen LogP contribution is -2.54. The minimum atomic E-state index is -1.02. The van der Waals surface area contributed by atoms with Crippen LogP contribution in [0, 0.1) is 5.82 Å². The number of carbonyl (C=O) groups is 3. The van der Waals surface area contributed by atoms with E-state index in [2.05, 4.69) is 21.2 Å². The maximum absolute atomic E-state index is 14.2. The molecule has 1 aliphatic rings. The van der Waals surface area contributed by atoms with Crippen molar-refractivity contribution in [3.05, 3.63) is 97.7 Å². The van der Waals surface area contributed by atoms with E-state index in [1.54, 1.807) is 36.4 Å². The van der Waals surface area contributed by atoms with Crippen LogP contribution in [-0.4, -0.2) is 17.8 Å². The van der Waals surface area contributed by atoms with Gasteiger partial charge >= 0.3 is 6.03 Å². The van der Waals surface area contributed by atoms with Gasteiger partial charge in [0, 0.05) is 0 Å². The Morgan fingerprint density at radius 1 is 1.00 bits per heavy atom. The zero-order chi connectivity index (χ0) is 24.4. The molecule has 3 aromatic carbocycles. The van der Waals surface area contributed by atoms with Crippen molar-refractivity contribution in [1.82, 2.24) is 5.32 Å². The van der Waals surface area contributed by atoms with Crippen molar-refractivity contribution in [2.75, 3.05) is 4.90 Å². The fourth-order valence-electron chi connectivity index (χ4n) is 3.19. The lowest BCUT2D eigenvalue weighted by molar-refractivity contribution is -0.122. The molecule has 10 heteroatoms. The average Bonchev–Trinajstić information content (AvgIpc) is 2.79. The number of benzene rings is 3. The second kappa shape index (κ2) is 9.97. The molecule has 172 valence electrons. The van der Waals surface area contributed by atoms with Crippen molar-refractivity contribution >= 4 is 68.7 Å². The summed E-state index contributed by atoms with van der Waals surface area (Å²) in [6.07, 6.45) is 1.31. The Morgan fingerprint density at radius 3 is 2.47 bits per heavy atom. The van der Waals surface area contributed by atoms with Gasteiger partial charge in [-0.15, -0.1) is 0 Å². The number of halogens is 4. The Labute approximate surface area is 212 Å². The normalized spacial score (nSPS) is 15.0. The van der Waals surface area contributed by atoms with Crippen LogP contribution in [0.4, 0.5) is 14.9 Å². The molecule has 0 saturated carbocycles. The Morgan fingerprint density at radius 2 is 1.76 bits per heavy atom. The van der Waals surface area contributed by atoms with Crippen LogP contribution in [-0.2, 0) is 16.2 Å². The molecule has 0 aliphatic carbocycles. The van der Waals surface area contributed by atoms with E-state index in [4.69, 9.17) is 27.9 Å². The molecule has 0 unspecified atom stereocenters. The molecule has 0 aromatic heterocycles. The molecule has 1 saturated heterocycles. The van der Waals surface area contributed by atoms with Gasteiger partial charge in [-0.3, -0.25) is 14.9 Å². The minimum Gasteiger partial charge on any atom is -0.488 e. The first-order valence-corrected chi connectivity index (χ1v) is 11.3. The number of carbonyl (C=O) groups excluding carboxylic acids is 3. The van der Waals surface area contributed by atoms with Crippen LogP contribution in [0.3, 0.4) is 0 Å². The Hall–Kier alpha value is -3.20. The van der Waals surface area contributed by atoms with Gasteiger partial charge < -0.3 is 4.74 Å². The molecule has 4 rings (SSSR count). The number of amides is 4. The van der Waals surface area contributed by atoms with Crippen LogP contribution in [0.25, 0.3) is 6.08 Å². The fourth-order valence-corrected chi connectivity index (χ4v) is 4.02. The van der Waals surface area contributed by atoms with Gasteiger partial charge in [-0.25, -0.2) is 14.1 Å². The standard InChI is InChI=1S/C24H14BrCl2FN2O4/c25-16-10-13(6-8-21(16)34-12-14-5-7-17(26)18(27)11-14)9-15-22(31)29-24(33)30(23(15)32)20-4-2-1-3-19(20)28/h1-11H,12H2,(H,29,31,33)/b15-9-. The number of barbiturate groups is 1. The SMILES string of the molecule is O=C1NC(=O)N(c2ccccc2F)C(=O)/C1=C\c1ccc(OCc2ccc(Cl)c(Cl)c2)c(Br)c1. The molecule has 1 heterocycles. The zero-order valence-corrected chi connectivity index (χ0v) is 20.2. The number of anilines is 1. The summed E-state index contributed by atoms with van der Waals surface area (Å²) >= 11 is 15.4. The number of imide groups is 2. The summed E-state index contributed by atoms with van der Waals surface area (Å²) in [6, 6.07) is 14.4. The van der Waals surface area contributed by atoms with E-state index >= 15 is 0 Å². The maximum Gasteiger partial charge on any atom is 0.336 e. The largest absolute Gasteiger partial charge is 0.488 e. The lowest BCUT2D eigenvalue weighted by atomic mass is 10.1. The van der Waals surface area contributed by atoms with E-state index in [0.29, 0.717) is 30.7 Å². The molecule has 1 N–H and O–H groups in total. The molecule has 1 fully saturated rings. The molecule has 3 aromatic rings. The van der Waals surface area contributed by atoms with Gasteiger partial charge in [-0.1, -0.05) is 47.5 Å². The summed E-state index contributed by atoms with van der Waals surface area (Å²) in [6.45, 7) is 0.233. The second-order valence-corrected chi connectivity index (χ2v) is 8.80. The number of hydrogen-bond acceptors (Lipinski definition) is 4. The molecule has 0 atom stereocenters. The third kappa shape index (κ3) is 4.99. The van der Waals surface area contributed by atoms with E-state index in [-0.39, 0.29) is 17.9 Å². The van der Waals surface area contributed by atoms with Gasteiger partial charge in [0.2, 0.25) is 0 Å². The van der Waals surface area contributed by atoms with Crippen molar-refractivity contribution in [2.24, 2.45) is 0 Å². The van der Waals surface area contributed by atoms with Gasteiger partial charge in [0.15, 0.2) is 0 Å². The molecular formula is C24H14BrCl2FN2O4. The van der Waals surface area contributed by atoms with Crippen molar-refractivity contribution in [3.63, 3.8) is 0 Å². The van der Waals surface area contributed by atoms with E-state index in [0.717, 1.165) is 11.6 Å². The number of para-hydroxylation sites is 1. The topological polar surface area (TPSA) is 75.7 Å². The third-order valence-electron chi connectivity index (χ3n) is 4.84. The van der Waals surface area contributed by atoms with E-state index in [1.165, 1.54) is 24.3 Å². The number of rotatable bonds is 5. The molecule has 0 bridgehead atoms. The van der Waals surface area contributed by atoms with Crippen molar-refractivity contribution in [2.45, 2.75) is 6.61 Å². The predicted octanol–water partition coefficient (Wildman–Crippen LogP) is 6.14. The highest BCUT2D eigenvalue weighted by Gasteiger charge is 2.37. The quantitative estimate of drug-likeness (QED) is 0.299. The van der Waals surface area contributed by atoms with Gasteiger partial charge in [0.25, 0.3) is 11.8 Å². The molecule has 6 nitrogen and oxygen atoms in total. The number of ether oxygens (including phenoxy) is 1. The smallest absolute Gasteiger partial charge is 0.336 e. The van der Waals surface area contributed by atoms with Gasteiger partial charge in [0.05, 0.1) is 20.2 Å². The first-order chi connectivity index (χ1) is 16.2. The van der Waals surface area contributed by atoms with Crippen LogP contribution >= 0.6 is 39.1 Å². The maximum atomic E-state index is 14.2. The Bertz CT molecular complexity index is 1360. The minimum absolute atomic E-state index is 0.233. The number of hydrogen-bond donors (Lipinski definition) is 1. The van der Waals surface area contributed by atoms with Crippen LogP contribution in [0.1, 0.15) is 11.1 Å². The van der Waals surface area contributed by atoms with E-state index < -0.39 is 23.7 Å². The van der Waals surface area contributed by atoms with Crippen LogP contribution in [0.15, 0.2) is 70.7 Å². The molecule has 4 amide bonds. The lowest BCUT2D eigenvalue weighted by Gasteiger charge is -2.26. The van der Waals surface area contributed by atoms with E-state index in [9.17, 15) is 18.8 Å². The second-order valence-electron chi connectivity index (χ2n) is 7.14. The number of nitrogens with one attached hydrogen (secondary N) is 1. The van der Waals surface area contributed by atoms with Gasteiger partial charge in [0.1, 0.15) is 23.7 Å². The highest BCUT2D eigenvalue weighted by molar-refractivity contribution is 9.10. The predicted molar refractivity (Wildman–Crippen MR) is 130 cm³/mol. The van der Waals surface area contributed by atoms with E-state index in [1.807, 2.05) is 0 Å². The molecule has 0 spiro atoms. The Balaban J connectivity index is 1.56. The monoisotopic (exact) mass is 562 g/mol. The summed E-state index contributed by atoms with van der Waals surface area (Å²) in [4.78, 5) is 38.1. The first-order valence-electron chi connectivity index (χ1n) is 9.77. The summed E-state index contributed by atoms with van der Waals surface area (Å²) in [5.74, 6) is -2.07. The highest BCUT2D eigenvalue weighted by Crippen LogP contribution is 2.30. The average molecular weight is 564 g/mol. The molecule has 0 radical (unpaired) electrons. The third-order valence-corrected chi connectivity index (χ3v) is 6.20. The van der Waals surface area contributed by atoms with Gasteiger partial charge in [-0.05, 0) is 69.5 Å². The molecule has 34 heavy (non-hydrogen) atoms. The first kappa shape index (κ1) is 23.9. The number of nitrogens with zero attached hydrogens (tertiary/aromatic N) is 1. The van der Waals surface area contributed by atoms with Crippen LogP contribution in [0.2, 0.25) is 10.0 Å². The van der Waals surface area contributed by atoms with Crippen molar-refractivity contribution < 1.29 is 23.5 Å².